The molecule has 0 aliphatic carbocycles. The number of carboxylic acids is 1. The van der Waals surface area contributed by atoms with Crippen LogP contribution in [0.2, 0.25) is 5.02 Å². The summed E-state index contributed by atoms with van der Waals surface area (Å²) in [5.41, 5.74) is 3.45. The van der Waals surface area contributed by atoms with Crippen LogP contribution in [0.15, 0.2) is 118 Å². The van der Waals surface area contributed by atoms with Crippen LogP contribution in [-0.2, 0) is 11.4 Å². The minimum absolute atomic E-state index is 0.139. The van der Waals surface area contributed by atoms with Gasteiger partial charge in [0.2, 0.25) is 0 Å². The number of amides is 1. The van der Waals surface area contributed by atoms with Crippen LogP contribution in [0, 0.1) is 0 Å². The molecule has 5 aromatic rings. The molecule has 0 fully saturated rings. The van der Waals surface area contributed by atoms with Crippen LogP contribution < -0.4 is 29.7 Å². The Hall–Kier alpha value is -5.45. The van der Waals surface area contributed by atoms with Gasteiger partial charge in [-0.05, 0) is 78.2 Å². The van der Waals surface area contributed by atoms with Crippen molar-refractivity contribution in [3.63, 3.8) is 0 Å². The van der Waals surface area contributed by atoms with E-state index >= 15 is 0 Å². The van der Waals surface area contributed by atoms with Crippen LogP contribution in [0.25, 0.3) is 6.08 Å². The predicted molar refractivity (Wildman–Crippen MR) is 181 cm³/mol. The van der Waals surface area contributed by atoms with Crippen molar-refractivity contribution in [2.45, 2.75) is 19.6 Å². The molecule has 0 spiro atoms. The van der Waals surface area contributed by atoms with Gasteiger partial charge in [-0.25, -0.2) is 9.79 Å². The minimum Gasteiger partial charge on any atom is -0.493 e. The minimum atomic E-state index is -1.01. The molecule has 6 rings (SSSR count). The maximum absolute atomic E-state index is 14.1. The fraction of sp³-hybridized carbons (Fsp3) is 0.111. The Morgan fingerprint density at radius 1 is 1.00 bits per heavy atom. The summed E-state index contributed by atoms with van der Waals surface area (Å²) >= 11 is 7.42. The van der Waals surface area contributed by atoms with Crippen molar-refractivity contribution in [3.8, 4) is 11.5 Å². The lowest BCUT2D eigenvalue weighted by atomic mass is 9.95. The third-order valence-electron chi connectivity index (χ3n) is 7.54. The number of hydrogen-bond donors (Lipinski definition) is 2. The number of halogens is 1. The number of allylic oxidation sites excluding steroid dienone is 1. The zero-order valence-corrected chi connectivity index (χ0v) is 26.8. The number of nitrogens with one attached hydrogen (secondary N) is 1. The number of methoxy groups -OCH3 is 1. The Morgan fingerprint density at radius 3 is 2.49 bits per heavy atom. The number of thiazole rings is 1. The van der Waals surface area contributed by atoms with E-state index in [0.717, 1.165) is 0 Å². The monoisotopic (exact) mass is 665 g/mol. The van der Waals surface area contributed by atoms with Crippen LogP contribution in [0.4, 0.5) is 5.69 Å². The van der Waals surface area contributed by atoms with Crippen molar-refractivity contribution in [1.29, 1.82) is 0 Å². The van der Waals surface area contributed by atoms with E-state index in [1.165, 1.54) is 24.5 Å². The zero-order chi connectivity index (χ0) is 33.1. The van der Waals surface area contributed by atoms with E-state index in [1.807, 2.05) is 18.2 Å². The number of aromatic nitrogens is 1. The van der Waals surface area contributed by atoms with E-state index in [2.05, 4.69) is 5.32 Å². The quantitative estimate of drug-likeness (QED) is 0.205. The van der Waals surface area contributed by atoms with E-state index < -0.39 is 12.0 Å². The molecule has 0 radical (unpaired) electrons. The first-order chi connectivity index (χ1) is 22.7. The van der Waals surface area contributed by atoms with Gasteiger partial charge in [-0.15, -0.1) is 0 Å². The summed E-state index contributed by atoms with van der Waals surface area (Å²) in [7, 11) is 1.52. The molecule has 1 aliphatic rings. The van der Waals surface area contributed by atoms with Gasteiger partial charge in [-0.2, -0.15) is 0 Å². The van der Waals surface area contributed by atoms with Gasteiger partial charge in [0.05, 0.1) is 34.5 Å². The molecule has 0 unspecified atom stereocenters. The molecule has 0 saturated heterocycles. The number of carbonyl (C=O) groups is 2. The highest BCUT2D eigenvalue weighted by atomic mass is 35.5. The lowest BCUT2D eigenvalue weighted by Gasteiger charge is -2.25. The van der Waals surface area contributed by atoms with Crippen molar-refractivity contribution in [1.82, 2.24) is 4.57 Å². The van der Waals surface area contributed by atoms with E-state index in [1.54, 1.807) is 90.4 Å². The number of benzene rings is 4. The number of fused-ring (bicyclic) bond motifs is 1. The molecule has 1 aromatic heterocycles. The number of rotatable bonds is 9. The van der Waals surface area contributed by atoms with Gasteiger partial charge in [-0.1, -0.05) is 71.5 Å². The Labute approximate surface area is 278 Å². The molecule has 1 amide bonds. The third-order valence-corrected chi connectivity index (χ3v) is 8.77. The molecule has 47 heavy (non-hydrogen) atoms. The van der Waals surface area contributed by atoms with Gasteiger partial charge in [-0.3, -0.25) is 14.2 Å². The molecule has 4 aromatic carbocycles. The second kappa shape index (κ2) is 13.5. The highest BCUT2D eigenvalue weighted by Crippen LogP contribution is 2.32. The van der Waals surface area contributed by atoms with Crippen molar-refractivity contribution < 1.29 is 24.2 Å². The van der Waals surface area contributed by atoms with Crippen LogP contribution in [-0.4, -0.2) is 28.7 Å². The average Bonchev–Trinajstić information content (AvgIpc) is 3.37. The topological polar surface area (TPSA) is 119 Å². The lowest BCUT2D eigenvalue weighted by molar-refractivity contribution is -0.113. The smallest absolute Gasteiger partial charge is 0.335 e. The molecule has 9 nitrogen and oxygen atoms in total. The largest absolute Gasteiger partial charge is 0.493 e. The normalized spacial score (nSPS) is 14.3. The summed E-state index contributed by atoms with van der Waals surface area (Å²) in [5, 5.41) is 12.7. The van der Waals surface area contributed by atoms with Gasteiger partial charge in [0.25, 0.3) is 11.5 Å². The van der Waals surface area contributed by atoms with Gasteiger partial charge >= 0.3 is 5.97 Å². The number of nitrogens with zero attached hydrogens (tertiary/aromatic N) is 2. The number of hydrogen-bond acceptors (Lipinski definition) is 7. The molecule has 236 valence electrons. The number of carbonyl (C=O) groups excluding carboxylic acids is 1. The Balaban J connectivity index is 1.35. The Morgan fingerprint density at radius 2 is 1.77 bits per heavy atom. The molecular weight excluding hydrogens is 638 g/mol. The van der Waals surface area contributed by atoms with E-state index in [-0.39, 0.29) is 23.6 Å². The van der Waals surface area contributed by atoms with Crippen molar-refractivity contribution in [3.05, 3.63) is 155 Å². The fourth-order valence-electron chi connectivity index (χ4n) is 5.29. The third kappa shape index (κ3) is 6.74. The first-order valence-electron chi connectivity index (χ1n) is 14.5. The summed E-state index contributed by atoms with van der Waals surface area (Å²) in [4.78, 5) is 44.3. The zero-order valence-electron chi connectivity index (χ0n) is 25.3. The standard InChI is InChI=1S/C36H28ClN3O6S/c1-21-31(33(41)39-27-9-4-3-5-10-27)32(24-12-14-26(37)15-13-24)40-34(42)30(47-36(40)38-21)19-22-11-16-28(29(18-22)45-2)46-20-23-7-6-8-25(17-23)35(43)44/h3-19,32H,20H2,1-2H3,(H,39,41)(H,43,44)/b30-19-/t32-/m1/s1. The second-order valence-electron chi connectivity index (χ2n) is 10.7. The SMILES string of the molecule is COc1cc(/C=c2\sc3n(c2=O)[C@H](c2ccc(Cl)cc2)C(C(=O)Nc2ccccc2)=C(C)N=3)ccc1OCc1cccc(C(=O)O)c1. The molecule has 11 heteroatoms. The second-order valence-corrected chi connectivity index (χ2v) is 12.1. The number of aromatic carboxylic acids is 1. The van der Waals surface area contributed by atoms with Crippen LogP contribution in [0.1, 0.15) is 40.0 Å². The first kappa shape index (κ1) is 31.5. The number of carboxylic acid groups (broad SMARTS) is 1. The first-order valence-corrected chi connectivity index (χ1v) is 15.7. The predicted octanol–water partition coefficient (Wildman–Crippen LogP) is 5.81. The molecule has 1 aliphatic heterocycles. The molecule has 1 atom stereocenters. The van der Waals surface area contributed by atoms with Gasteiger partial charge in [0.15, 0.2) is 16.3 Å². The fourth-order valence-corrected chi connectivity index (χ4v) is 6.46. The number of anilines is 1. The van der Waals surface area contributed by atoms with Crippen LogP contribution in [0.5, 0.6) is 11.5 Å². The van der Waals surface area contributed by atoms with E-state index in [9.17, 15) is 19.5 Å². The lowest BCUT2D eigenvalue weighted by Crippen LogP contribution is -2.40. The molecule has 0 saturated carbocycles. The highest BCUT2D eigenvalue weighted by molar-refractivity contribution is 7.07. The summed E-state index contributed by atoms with van der Waals surface area (Å²) in [6, 6.07) is 27.2. The molecular formula is C36H28ClN3O6S. The average molecular weight is 666 g/mol. The number of ether oxygens (including phenoxy) is 2. The van der Waals surface area contributed by atoms with Crippen molar-refractivity contribution in [2.75, 3.05) is 12.4 Å². The Kier molecular flexibility index (Phi) is 9.05. The Bertz CT molecular complexity index is 2210. The van der Waals surface area contributed by atoms with Crippen molar-refractivity contribution >= 4 is 46.6 Å². The maximum atomic E-state index is 14.1. The highest BCUT2D eigenvalue weighted by Gasteiger charge is 2.32. The van der Waals surface area contributed by atoms with Gasteiger partial charge < -0.3 is 19.9 Å². The summed E-state index contributed by atoms with van der Waals surface area (Å²) in [6.45, 7) is 1.90. The molecule has 2 N–H and O–H groups in total. The van der Waals surface area contributed by atoms with Crippen LogP contribution >= 0.6 is 22.9 Å². The number of para-hydroxylation sites is 1. The molecule has 0 bridgehead atoms. The summed E-state index contributed by atoms with van der Waals surface area (Å²) in [6.07, 6.45) is 1.74. The van der Waals surface area contributed by atoms with Crippen molar-refractivity contribution in [2.24, 2.45) is 4.99 Å². The van der Waals surface area contributed by atoms with Crippen LogP contribution in [0.3, 0.4) is 0 Å². The van der Waals surface area contributed by atoms with E-state index in [4.69, 9.17) is 26.1 Å². The summed E-state index contributed by atoms with van der Waals surface area (Å²) < 4.78 is 13.5. The maximum Gasteiger partial charge on any atom is 0.335 e. The molecule has 2 heterocycles. The summed E-state index contributed by atoms with van der Waals surface area (Å²) in [5.74, 6) is -0.475. The van der Waals surface area contributed by atoms with Gasteiger partial charge in [0.1, 0.15) is 6.61 Å². The van der Waals surface area contributed by atoms with E-state index in [0.29, 0.717) is 59.5 Å². The van der Waals surface area contributed by atoms with Gasteiger partial charge in [0, 0.05) is 10.7 Å².